The summed E-state index contributed by atoms with van der Waals surface area (Å²) < 4.78 is 35.1. The minimum Gasteiger partial charge on any atom is -0.485 e. The number of rotatable bonds is 8. The van der Waals surface area contributed by atoms with Gasteiger partial charge in [-0.1, -0.05) is 31.2 Å². The van der Waals surface area contributed by atoms with Crippen molar-refractivity contribution in [3.05, 3.63) is 54.1 Å². The van der Waals surface area contributed by atoms with Crippen LogP contribution < -0.4 is 14.8 Å². The van der Waals surface area contributed by atoms with Crippen LogP contribution in [0, 0.1) is 5.92 Å². The molecule has 0 bridgehead atoms. The molecule has 0 saturated carbocycles. The Bertz CT molecular complexity index is 1200. The van der Waals surface area contributed by atoms with Gasteiger partial charge < -0.3 is 25.0 Å². The van der Waals surface area contributed by atoms with Gasteiger partial charge in [-0.05, 0) is 45.0 Å². The van der Waals surface area contributed by atoms with Gasteiger partial charge in [0.05, 0.1) is 35.3 Å². The van der Waals surface area contributed by atoms with Crippen molar-refractivity contribution >= 4 is 27.6 Å². The topological polar surface area (TPSA) is 128 Å². The van der Waals surface area contributed by atoms with Crippen molar-refractivity contribution in [2.75, 3.05) is 31.5 Å². The molecule has 3 atom stereocenters. The Balaban J connectivity index is 2.05. The normalized spacial score (nSPS) is 18.8. The van der Waals surface area contributed by atoms with Crippen LogP contribution in [0.1, 0.15) is 38.1 Å². The Hall–Kier alpha value is -3.31. The molecule has 37 heavy (non-hydrogen) atoms. The van der Waals surface area contributed by atoms with Gasteiger partial charge in [-0.25, -0.2) is 13.2 Å². The molecule has 2 aromatic rings. The lowest BCUT2D eigenvalue weighted by atomic mass is 9.99. The van der Waals surface area contributed by atoms with Crippen LogP contribution in [-0.4, -0.2) is 80.2 Å². The van der Waals surface area contributed by atoms with Gasteiger partial charge in [0.1, 0.15) is 6.10 Å². The fourth-order valence-corrected chi connectivity index (χ4v) is 5.14. The zero-order valence-corrected chi connectivity index (χ0v) is 22.7. The van der Waals surface area contributed by atoms with Gasteiger partial charge >= 0.3 is 6.03 Å². The van der Waals surface area contributed by atoms with Crippen LogP contribution in [0.5, 0.6) is 5.75 Å². The first-order valence-electron chi connectivity index (χ1n) is 12.3. The van der Waals surface area contributed by atoms with Gasteiger partial charge in [0.2, 0.25) is 0 Å². The third-order valence-electron chi connectivity index (χ3n) is 6.20. The number of likely N-dealkylation sites (N-methyl/N-ethyl adjacent to an activating group) is 1. The average Bonchev–Trinajstić information content (AvgIpc) is 2.85. The first kappa shape index (κ1) is 28.3. The maximum absolute atomic E-state index is 13.6. The van der Waals surface area contributed by atoms with Crippen LogP contribution >= 0.6 is 0 Å². The SMILES string of the molecule is CC(C)NC(=O)N(C)C[C@@H]1Oc2c(NS(=O)(=O)c3ccccc3)cccc2C(=O)N([C@H](C)CO)C[C@H]1C. The molecule has 3 rings (SSSR count). The maximum atomic E-state index is 13.6. The van der Waals surface area contributed by atoms with E-state index in [2.05, 4.69) is 10.0 Å². The fraction of sp³-hybridized carbons (Fsp3) is 0.462. The zero-order valence-electron chi connectivity index (χ0n) is 21.8. The van der Waals surface area contributed by atoms with Crippen LogP contribution in [-0.2, 0) is 10.0 Å². The van der Waals surface area contributed by atoms with E-state index in [0.717, 1.165) is 0 Å². The summed E-state index contributed by atoms with van der Waals surface area (Å²) in [4.78, 5) is 29.3. The van der Waals surface area contributed by atoms with E-state index in [1.165, 1.54) is 23.1 Å². The zero-order chi connectivity index (χ0) is 27.3. The highest BCUT2D eigenvalue weighted by atomic mass is 32.2. The molecule has 0 fully saturated rings. The predicted molar refractivity (Wildman–Crippen MR) is 141 cm³/mol. The van der Waals surface area contributed by atoms with Crippen molar-refractivity contribution in [2.45, 2.75) is 50.8 Å². The Morgan fingerprint density at radius 2 is 1.84 bits per heavy atom. The molecule has 0 unspecified atom stereocenters. The van der Waals surface area contributed by atoms with E-state index in [-0.39, 0.29) is 65.5 Å². The second kappa shape index (κ2) is 11.8. The number of nitrogens with one attached hydrogen (secondary N) is 2. The lowest BCUT2D eigenvalue weighted by molar-refractivity contribution is 0.0369. The van der Waals surface area contributed by atoms with Crippen molar-refractivity contribution in [1.29, 1.82) is 0 Å². The number of hydrogen-bond acceptors (Lipinski definition) is 6. The van der Waals surface area contributed by atoms with Crippen molar-refractivity contribution in [1.82, 2.24) is 15.1 Å². The van der Waals surface area contributed by atoms with Gasteiger partial charge in [-0.3, -0.25) is 9.52 Å². The monoisotopic (exact) mass is 532 g/mol. The number of anilines is 1. The fourth-order valence-electron chi connectivity index (χ4n) is 4.05. The summed E-state index contributed by atoms with van der Waals surface area (Å²) in [5, 5.41) is 12.7. The Labute approximate surface area is 218 Å². The standard InChI is InChI=1S/C26H36N4O6S/c1-17(2)27-26(33)29(5)15-23-18(3)14-30(19(4)16-31)25(32)21-12-9-13-22(24(21)36-23)28-37(34,35)20-10-7-6-8-11-20/h6-13,17-19,23,28,31H,14-16H2,1-5H3,(H,27,33)/t18-,19-,23+/m1/s1. The molecule has 202 valence electrons. The van der Waals surface area contributed by atoms with Gasteiger partial charge in [-0.2, -0.15) is 0 Å². The van der Waals surface area contributed by atoms with Crippen LogP contribution in [0.15, 0.2) is 53.4 Å². The number of amides is 3. The van der Waals surface area contributed by atoms with Crippen LogP contribution in [0.3, 0.4) is 0 Å². The van der Waals surface area contributed by atoms with E-state index in [0.29, 0.717) is 0 Å². The number of ether oxygens (including phenoxy) is 1. The summed E-state index contributed by atoms with van der Waals surface area (Å²) in [6.45, 7) is 7.59. The number of sulfonamides is 1. The molecule has 0 aromatic heterocycles. The number of fused-ring (bicyclic) bond motifs is 1. The van der Waals surface area contributed by atoms with Crippen LogP contribution in [0.25, 0.3) is 0 Å². The average molecular weight is 533 g/mol. The van der Waals surface area contributed by atoms with E-state index in [4.69, 9.17) is 4.74 Å². The number of hydrogen-bond donors (Lipinski definition) is 3. The molecular weight excluding hydrogens is 496 g/mol. The molecule has 1 aliphatic heterocycles. The van der Waals surface area contributed by atoms with Crippen LogP contribution in [0.2, 0.25) is 0 Å². The second-order valence-corrected chi connectivity index (χ2v) is 11.4. The third-order valence-corrected chi connectivity index (χ3v) is 7.58. The molecule has 2 aromatic carbocycles. The van der Waals surface area contributed by atoms with Crippen LogP contribution in [0.4, 0.5) is 10.5 Å². The lowest BCUT2D eigenvalue weighted by Crippen LogP contribution is -2.51. The quantitative estimate of drug-likeness (QED) is 0.480. The minimum atomic E-state index is -3.97. The number of carbonyl (C=O) groups is 2. The Morgan fingerprint density at radius 3 is 2.46 bits per heavy atom. The number of benzene rings is 2. The lowest BCUT2D eigenvalue weighted by Gasteiger charge is -2.38. The molecule has 0 aliphatic carbocycles. The highest BCUT2D eigenvalue weighted by Crippen LogP contribution is 2.36. The highest BCUT2D eigenvalue weighted by Gasteiger charge is 2.35. The summed E-state index contributed by atoms with van der Waals surface area (Å²) >= 11 is 0. The molecule has 1 heterocycles. The first-order valence-corrected chi connectivity index (χ1v) is 13.7. The van der Waals surface area contributed by atoms with E-state index in [1.54, 1.807) is 49.2 Å². The highest BCUT2D eigenvalue weighted by molar-refractivity contribution is 7.92. The number of carbonyl (C=O) groups excluding carboxylic acids is 2. The molecule has 10 nitrogen and oxygen atoms in total. The summed E-state index contributed by atoms with van der Waals surface area (Å²) in [7, 11) is -2.32. The number of aliphatic hydroxyl groups excluding tert-OH is 1. The number of para-hydroxylation sites is 1. The van der Waals surface area contributed by atoms with Gasteiger partial charge in [0.25, 0.3) is 15.9 Å². The summed E-state index contributed by atoms with van der Waals surface area (Å²) in [6, 6.07) is 11.8. The van der Waals surface area contributed by atoms with Gasteiger partial charge in [0.15, 0.2) is 5.75 Å². The second-order valence-electron chi connectivity index (χ2n) is 9.71. The third kappa shape index (κ3) is 6.72. The van der Waals surface area contributed by atoms with E-state index < -0.39 is 22.2 Å². The number of aliphatic hydroxyl groups is 1. The smallest absolute Gasteiger partial charge is 0.317 e. The predicted octanol–water partition coefficient (Wildman–Crippen LogP) is 2.76. The van der Waals surface area contributed by atoms with Crippen molar-refractivity contribution in [3.63, 3.8) is 0 Å². The largest absolute Gasteiger partial charge is 0.485 e. The maximum Gasteiger partial charge on any atom is 0.317 e. The Morgan fingerprint density at radius 1 is 1.16 bits per heavy atom. The summed E-state index contributed by atoms with van der Waals surface area (Å²) in [5.74, 6) is -0.552. The molecule has 0 radical (unpaired) electrons. The number of urea groups is 1. The minimum absolute atomic E-state index is 0.0520. The van der Waals surface area contributed by atoms with Gasteiger partial charge in [0, 0.05) is 25.6 Å². The molecule has 3 amide bonds. The molecule has 11 heteroatoms. The van der Waals surface area contributed by atoms with E-state index in [1.807, 2.05) is 20.8 Å². The van der Waals surface area contributed by atoms with Crippen molar-refractivity contribution < 1.29 is 27.9 Å². The van der Waals surface area contributed by atoms with E-state index in [9.17, 15) is 23.1 Å². The van der Waals surface area contributed by atoms with Gasteiger partial charge in [-0.15, -0.1) is 0 Å². The van der Waals surface area contributed by atoms with Crippen molar-refractivity contribution in [3.8, 4) is 5.75 Å². The van der Waals surface area contributed by atoms with Crippen molar-refractivity contribution in [2.24, 2.45) is 5.92 Å². The number of nitrogens with zero attached hydrogens (tertiary/aromatic N) is 2. The molecule has 3 N–H and O–H groups in total. The Kier molecular flexibility index (Phi) is 9.03. The summed E-state index contributed by atoms with van der Waals surface area (Å²) in [5.41, 5.74) is 0.277. The molecular formula is C26H36N4O6S. The first-order chi connectivity index (χ1) is 17.4. The molecule has 0 saturated heterocycles. The van der Waals surface area contributed by atoms with E-state index >= 15 is 0 Å². The summed E-state index contributed by atoms with van der Waals surface area (Å²) in [6.07, 6.45) is -0.578. The molecule has 0 spiro atoms. The molecule has 1 aliphatic rings.